The van der Waals surface area contributed by atoms with Crippen LogP contribution in [0.4, 0.5) is 0 Å². The Kier molecular flexibility index (Phi) is 6.70. The standard InChI is InChI=1S/C26H26BrNO5/c1-14-23(26(30)33-4)24(17-7-5-6-8-18(17)27)25-19(28-14)11-16(12-20(25)29)15-9-10-21(31-2)22(13-15)32-3/h5-10,13,16,23-24H,11-12H2,1-4H3/t16-,23?,24-/m1/s1. The summed E-state index contributed by atoms with van der Waals surface area (Å²) in [5, 5.41) is 0. The average Bonchev–Trinajstić information content (AvgIpc) is 2.82. The maximum atomic E-state index is 13.6. The van der Waals surface area contributed by atoms with Crippen LogP contribution >= 0.6 is 15.9 Å². The summed E-state index contributed by atoms with van der Waals surface area (Å²) in [6, 6.07) is 13.4. The van der Waals surface area contributed by atoms with Crippen LogP contribution in [-0.2, 0) is 14.3 Å². The Balaban J connectivity index is 1.80. The van der Waals surface area contributed by atoms with Crippen molar-refractivity contribution in [3.05, 3.63) is 69.3 Å². The molecule has 2 aromatic carbocycles. The van der Waals surface area contributed by atoms with E-state index in [9.17, 15) is 9.59 Å². The third-order valence-electron chi connectivity index (χ3n) is 6.46. The number of benzene rings is 2. The number of esters is 1. The lowest BCUT2D eigenvalue weighted by Gasteiger charge is -2.36. The van der Waals surface area contributed by atoms with Gasteiger partial charge in [0, 0.05) is 33.8 Å². The zero-order chi connectivity index (χ0) is 23.7. The second-order valence-corrected chi connectivity index (χ2v) is 9.11. The van der Waals surface area contributed by atoms with Gasteiger partial charge >= 0.3 is 5.97 Å². The van der Waals surface area contributed by atoms with Crippen molar-refractivity contribution in [3.63, 3.8) is 0 Å². The Morgan fingerprint density at radius 3 is 2.42 bits per heavy atom. The average molecular weight is 512 g/mol. The predicted octanol–water partition coefficient (Wildman–Crippen LogP) is 5.21. The fourth-order valence-electron chi connectivity index (χ4n) is 4.90. The van der Waals surface area contributed by atoms with Crippen LogP contribution in [0.25, 0.3) is 0 Å². The molecule has 2 aromatic rings. The summed E-state index contributed by atoms with van der Waals surface area (Å²) in [6.45, 7) is 1.83. The highest BCUT2D eigenvalue weighted by atomic mass is 79.9. The number of allylic oxidation sites excluding steroid dienone is 2. The van der Waals surface area contributed by atoms with Crippen LogP contribution in [0.15, 0.2) is 63.2 Å². The molecule has 3 atom stereocenters. The number of hydrogen-bond donors (Lipinski definition) is 0. The lowest BCUT2D eigenvalue weighted by molar-refractivity contribution is -0.143. The molecule has 0 saturated carbocycles. The van der Waals surface area contributed by atoms with Gasteiger partial charge in [0.1, 0.15) is 5.92 Å². The third kappa shape index (κ3) is 4.22. The topological polar surface area (TPSA) is 74.2 Å². The Morgan fingerprint density at radius 2 is 1.76 bits per heavy atom. The molecule has 4 rings (SSSR count). The molecule has 1 aliphatic carbocycles. The van der Waals surface area contributed by atoms with Crippen molar-refractivity contribution in [2.75, 3.05) is 21.3 Å². The largest absolute Gasteiger partial charge is 0.493 e. The first kappa shape index (κ1) is 23.2. The molecule has 1 aliphatic heterocycles. The van der Waals surface area contributed by atoms with E-state index in [0.29, 0.717) is 35.6 Å². The minimum atomic E-state index is -0.644. The number of carbonyl (C=O) groups is 2. The van der Waals surface area contributed by atoms with E-state index in [0.717, 1.165) is 21.3 Å². The van der Waals surface area contributed by atoms with E-state index in [1.807, 2.05) is 49.4 Å². The number of hydrogen-bond acceptors (Lipinski definition) is 6. The van der Waals surface area contributed by atoms with Crippen molar-refractivity contribution in [1.82, 2.24) is 0 Å². The van der Waals surface area contributed by atoms with Gasteiger partial charge in [-0.25, -0.2) is 0 Å². The van der Waals surface area contributed by atoms with Crippen molar-refractivity contribution >= 4 is 33.4 Å². The zero-order valence-electron chi connectivity index (χ0n) is 19.1. The summed E-state index contributed by atoms with van der Waals surface area (Å²) in [5.74, 6) is -0.247. The van der Waals surface area contributed by atoms with Gasteiger partial charge in [0.2, 0.25) is 0 Å². The minimum absolute atomic E-state index is 0.00180. The van der Waals surface area contributed by atoms with Gasteiger partial charge in [-0.1, -0.05) is 40.2 Å². The molecular formula is C26H26BrNO5. The second kappa shape index (κ2) is 9.51. The Hall–Kier alpha value is -2.93. The summed E-state index contributed by atoms with van der Waals surface area (Å²) < 4.78 is 16.8. The molecular weight excluding hydrogens is 486 g/mol. The van der Waals surface area contributed by atoms with E-state index in [1.54, 1.807) is 14.2 Å². The highest BCUT2D eigenvalue weighted by Crippen LogP contribution is 2.48. The quantitative estimate of drug-likeness (QED) is 0.514. The van der Waals surface area contributed by atoms with Gasteiger partial charge < -0.3 is 14.2 Å². The minimum Gasteiger partial charge on any atom is -0.493 e. The lowest BCUT2D eigenvalue weighted by atomic mass is 9.69. The molecule has 7 heteroatoms. The van der Waals surface area contributed by atoms with Crippen LogP contribution < -0.4 is 9.47 Å². The molecule has 1 heterocycles. The van der Waals surface area contributed by atoms with E-state index in [-0.39, 0.29) is 11.7 Å². The molecule has 0 N–H and O–H groups in total. The first-order valence-corrected chi connectivity index (χ1v) is 11.5. The summed E-state index contributed by atoms with van der Waals surface area (Å²) in [4.78, 5) is 31.2. The first-order chi connectivity index (χ1) is 15.9. The van der Waals surface area contributed by atoms with Gasteiger partial charge in [0.25, 0.3) is 0 Å². The van der Waals surface area contributed by atoms with E-state index in [4.69, 9.17) is 19.2 Å². The number of halogens is 1. The SMILES string of the molecule is COC(=O)C1C(C)=NC2=C(C(=O)C[C@H](c3ccc(OC)c(OC)c3)C2)[C@@H]1c1ccccc1Br. The molecule has 0 spiro atoms. The Morgan fingerprint density at radius 1 is 1.03 bits per heavy atom. The molecule has 0 fully saturated rings. The van der Waals surface area contributed by atoms with Crippen LogP contribution in [-0.4, -0.2) is 38.8 Å². The zero-order valence-corrected chi connectivity index (χ0v) is 20.6. The van der Waals surface area contributed by atoms with Crippen LogP contribution in [0, 0.1) is 5.92 Å². The van der Waals surface area contributed by atoms with Gasteiger partial charge in [-0.3, -0.25) is 14.6 Å². The molecule has 0 aromatic heterocycles. The summed E-state index contributed by atoms with van der Waals surface area (Å²) in [6.07, 6.45) is 0.931. The van der Waals surface area contributed by atoms with Gasteiger partial charge in [-0.15, -0.1) is 0 Å². The fourth-order valence-corrected chi connectivity index (χ4v) is 5.43. The summed E-state index contributed by atoms with van der Waals surface area (Å²) in [5.41, 5.74) is 3.88. The van der Waals surface area contributed by atoms with Crippen molar-refractivity contribution in [1.29, 1.82) is 0 Å². The fraction of sp³-hybridized carbons (Fsp3) is 0.346. The number of nitrogens with zero attached hydrogens (tertiary/aromatic N) is 1. The molecule has 0 saturated heterocycles. The molecule has 6 nitrogen and oxygen atoms in total. The van der Waals surface area contributed by atoms with E-state index < -0.39 is 17.8 Å². The highest BCUT2D eigenvalue weighted by Gasteiger charge is 2.45. The predicted molar refractivity (Wildman–Crippen MR) is 129 cm³/mol. The third-order valence-corrected chi connectivity index (χ3v) is 7.19. The highest BCUT2D eigenvalue weighted by molar-refractivity contribution is 9.10. The van der Waals surface area contributed by atoms with Gasteiger partial charge in [0.05, 0.1) is 21.3 Å². The van der Waals surface area contributed by atoms with Crippen molar-refractivity contribution in [3.8, 4) is 11.5 Å². The Bertz CT molecular complexity index is 1170. The molecule has 33 heavy (non-hydrogen) atoms. The van der Waals surface area contributed by atoms with E-state index in [1.165, 1.54) is 7.11 Å². The molecule has 1 unspecified atom stereocenters. The van der Waals surface area contributed by atoms with Gasteiger partial charge in [-0.05, 0) is 48.6 Å². The summed E-state index contributed by atoms with van der Waals surface area (Å²) >= 11 is 3.61. The van der Waals surface area contributed by atoms with Gasteiger partial charge in [-0.2, -0.15) is 0 Å². The molecule has 2 aliphatic rings. The van der Waals surface area contributed by atoms with E-state index in [2.05, 4.69) is 15.9 Å². The van der Waals surface area contributed by atoms with Crippen molar-refractivity contribution in [2.24, 2.45) is 10.9 Å². The molecule has 172 valence electrons. The second-order valence-electron chi connectivity index (χ2n) is 8.26. The number of carbonyl (C=O) groups excluding carboxylic acids is 2. The smallest absolute Gasteiger partial charge is 0.315 e. The normalized spacial score (nSPS) is 22.4. The number of aliphatic imine (C=N–C) groups is 1. The number of rotatable bonds is 5. The van der Waals surface area contributed by atoms with Crippen molar-refractivity contribution in [2.45, 2.75) is 31.6 Å². The van der Waals surface area contributed by atoms with Crippen LogP contribution in [0.3, 0.4) is 0 Å². The maximum Gasteiger partial charge on any atom is 0.315 e. The Labute approximate surface area is 201 Å². The molecule has 0 radical (unpaired) electrons. The monoisotopic (exact) mass is 511 g/mol. The van der Waals surface area contributed by atoms with Crippen LogP contribution in [0.5, 0.6) is 11.5 Å². The van der Waals surface area contributed by atoms with Gasteiger partial charge in [0.15, 0.2) is 17.3 Å². The number of ketones is 1. The number of ether oxygens (including phenoxy) is 3. The van der Waals surface area contributed by atoms with E-state index >= 15 is 0 Å². The first-order valence-electron chi connectivity index (χ1n) is 10.7. The lowest BCUT2D eigenvalue weighted by Crippen LogP contribution is -2.37. The van der Waals surface area contributed by atoms with Crippen molar-refractivity contribution < 1.29 is 23.8 Å². The molecule has 0 amide bonds. The number of Topliss-reactive ketones (excluding diaryl/α,β-unsaturated/α-hetero) is 1. The number of methoxy groups -OCH3 is 3. The van der Waals surface area contributed by atoms with Crippen LogP contribution in [0.2, 0.25) is 0 Å². The molecule has 0 bridgehead atoms. The van der Waals surface area contributed by atoms with Crippen LogP contribution in [0.1, 0.15) is 42.7 Å². The maximum absolute atomic E-state index is 13.6. The summed E-state index contributed by atoms with van der Waals surface area (Å²) in [7, 11) is 4.56.